The first-order valence-corrected chi connectivity index (χ1v) is 6.94. The zero-order valence-corrected chi connectivity index (χ0v) is 13.1. The molecular weight excluding hydrogens is 238 g/mol. The van der Waals surface area contributed by atoms with Gasteiger partial charge in [0.15, 0.2) is 0 Å². The molecule has 0 saturated heterocycles. The van der Waals surface area contributed by atoms with E-state index in [0.29, 0.717) is 19.2 Å². The van der Waals surface area contributed by atoms with E-state index in [1.54, 1.807) is 0 Å². The number of likely N-dealkylation sites (N-methyl/N-ethyl adjacent to an activating group) is 1. The highest BCUT2D eigenvalue weighted by Gasteiger charge is 2.24. The second kappa shape index (κ2) is 6.40. The van der Waals surface area contributed by atoms with Crippen LogP contribution in [0.25, 0.3) is 0 Å². The molecule has 3 heteroatoms. The Kier molecular flexibility index (Phi) is 5.39. The van der Waals surface area contributed by atoms with Gasteiger partial charge in [0.1, 0.15) is 25.0 Å². The van der Waals surface area contributed by atoms with Crippen molar-refractivity contribution in [2.24, 2.45) is 0 Å². The molecule has 0 bridgehead atoms. The van der Waals surface area contributed by atoms with Crippen molar-refractivity contribution < 1.29 is 14.3 Å². The number of aliphatic hydroxyl groups excluding tert-OH is 1. The van der Waals surface area contributed by atoms with Crippen molar-refractivity contribution in [2.75, 3.05) is 27.2 Å². The summed E-state index contributed by atoms with van der Waals surface area (Å²) in [5.41, 5.74) is 2.23. The molecule has 1 aromatic carbocycles. The number of rotatable bonds is 6. The van der Waals surface area contributed by atoms with Crippen LogP contribution in [-0.4, -0.2) is 49.0 Å². The summed E-state index contributed by atoms with van der Waals surface area (Å²) in [5.74, 6) is 0.899. The zero-order chi connectivity index (χ0) is 14.6. The quantitative estimate of drug-likeness (QED) is 0.802. The molecule has 0 radical (unpaired) electrons. The van der Waals surface area contributed by atoms with Crippen LogP contribution in [0.4, 0.5) is 0 Å². The van der Waals surface area contributed by atoms with E-state index in [2.05, 4.69) is 27.9 Å². The van der Waals surface area contributed by atoms with E-state index in [0.717, 1.165) is 21.4 Å². The van der Waals surface area contributed by atoms with Gasteiger partial charge in [-0.25, -0.2) is 0 Å². The fourth-order valence-electron chi connectivity index (χ4n) is 2.01. The highest BCUT2D eigenvalue weighted by Crippen LogP contribution is 2.22. The minimum Gasteiger partial charge on any atom is -0.490 e. The summed E-state index contributed by atoms with van der Waals surface area (Å²) in [6.07, 6.45) is -0.448. The van der Waals surface area contributed by atoms with Crippen LogP contribution >= 0.6 is 0 Å². The van der Waals surface area contributed by atoms with Crippen molar-refractivity contribution in [2.45, 2.75) is 39.8 Å². The third kappa shape index (κ3) is 4.51. The molecule has 3 nitrogen and oxygen atoms in total. The maximum absolute atomic E-state index is 10.1. The molecule has 0 fully saturated rings. The predicted molar refractivity (Wildman–Crippen MR) is 79.5 cm³/mol. The molecule has 1 atom stereocenters. The Morgan fingerprint density at radius 3 is 2.16 bits per heavy atom. The molecule has 1 rings (SSSR count). The van der Waals surface area contributed by atoms with Crippen LogP contribution in [0.5, 0.6) is 5.75 Å². The van der Waals surface area contributed by atoms with Gasteiger partial charge >= 0.3 is 0 Å². The van der Waals surface area contributed by atoms with Crippen molar-refractivity contribution in [1.82, 2.24) is 0 Å². The largest absolute Gasteiger partial charge is 0.490 e. The fourth-order valence-corrected chi connectivity index (χ4v) is 2.01. The summed E-state index contributed by atoms with van der Waals surface area (Å²) in [6.45, 7) is 9.44. The van der Waals surface area contributed by atoms with Crippen molar-refractivity contribution in [1.29, 1.82) is 0 Å². The highest BCUT2D eigenvalue weighted by atomic mass is 16.5. The van der Waals surface area contributed by atoms with Crippen molar-refractivity contribution >= 4 is 0 Å². The Balaban J connectivity index is 2.58. The van der Waals surface area contributed by atoms with Crippen LogP contribution in [0, 0.1) is 13.8 Å². The van der Waals surface area contributed by atoms with Gasteiger partial charge in [-0.1, -0.05) is 18.2 Å². The molecule has 0 unspecified atom stereocenters. The van der Waals surface area contributed by atoms with Gasteiger partial charge < -0.3 is 14.3 Å². The van der Waals surface area contributed by atoms with E-state index in [-0.39, 0.29) is 0 Å². The number of hydrogen-bond donors (Lipinski definition) is 1. The van der Waals surface area contributed by atoms with E-state index in [4.69, 9.17) is 4.74 Å². The fraction of sp³-hybridized carbons (Fsp3) is 0.625. The number of quaternary nitrogens is 1. The molecule has 0 amide bonds. The smallest absolute Gasteiger partial charge is 0.137 e. The molecule has 1 N–H and O–H groups in total. The van der Waals surface area contributed by atoms with E-state index >= 15 is 0 Å². The summed E-state index contributed by atoms with van der Waals surface area (Å²) in [5, 5.41) is 10.1. The number of ether oxygens (including phenoxy) is 1. The van der Waals surface area contributed by atoms with E-state index < -0.39 is 6.10 Å². The monoisotopic (exact) mass is 266 g/mol. The van der Waals surface area contributed by atoms with Crippen LogP contribution in [-0.2, 0) is 0 Å². The van der Waals surface area contributed by atoms with Gasteiger partial charge in [-0.15, -0.1) is 0 Å². The van der Waals surface area contributed by atoms with Gasteiger partial charge in [0.05, 0.1) is 20.1 Å². The Morgan fingerprint density at radius 1 is 1.16 bits per heavy atom. The lowest BCUT2D eigenvalue weighted by atomic mass is 10.1. The van der Waals surface area contributed by atoms with Gasteiger partial charge in [-0.3, -0.25) is 0 Å². The van der Waals surface area contributed by atoms with Crippen molar-refractivity contribution in [3.63, 3.8) is 0 Å². The Bertz CT molecular complexity index is 393. The Labute approximate surface area is 117 Å². The summed E-state index contributed by atoms with van der Waals surface area (Å²) in [4.78, 5) is 0. The molecule has 0 spiro atoms. The summed E-state index contributed by atoms with van der Waals surface area (Å²) >= 11 is 0. The molecule has 0 aliphatic heterocycles. The zero-order valence-electron chi connectivity index (χ0n) is 13.1. The third-order valence-corrected chi connectivity index (χ3v) is 3.91. The highest BCUT2D eigenvalue weighted by molar-refractivity contribution is 5.39. The van der Waals surface area contributed by atoms with Crippen LogP contribution in [0.3, 0.4) is 0 Å². The maximum Gasteiger partial charge on any atom is 0.137 e. The van der Waals surface area contributed by atoms with Crippen molar-refractivity contribution in [3.8, 4) is 5.75 Å². The lowest BCUT2D eigenvalue weighted by Crippen LogP contribution is -2.51. The molecule has 0 saturated carbocycles. The number of nitrogens with zero attached hydrogens (tertiary/aromatic N) is 1. The second-order valence-electron chi connectivity index (χ2n) is 6.24. The van der Waals surface area contributed by atoms with E-state index in [9.17, 15) is 5.11 Å². The van der Waals surface area contributed by atoms with Crippen LogP contribution in [0.1, 0.15) is 25.0 Å². The summed E-state index contributed by atoms with van der Waals surface area (Å²) in [7, 11) is 4.26. The third-order valence-electron chi connectivity index (χ3n) is 3.91. The lowest BCUT2D eigenvalue weighted by Gasteiger charge is -2.35. The molecule has 0 aliphatic carbocycles. The molecule has 0 aromatic heterocycles. The molecule has 108 valence electrons. The average Bonchev–Trinajstić information content (AvgIpc) is 2.27. The second-order valence-corrected chi connectivity index (χ2v) is 6.24. The molecule has 1 aromatic rings. The average molecular weight is 266 g/mol. The predicted octanol–water partition coefficient (Wildman–Crippen LogP) is 2.53. The normalized spacial score (nSPS) is 13.7. The summed E-state index contributed by atoms with van der Waals surface area (Å²) in [6, 6.07) is 6.56. The van der Waals surface area contributed by atoms with Crippen LogP contribution in [0.15, 0.2) is 18.2 Å². The standard InChI is InChI=1S/C16H28NO2/c1-12(2)17(5,6)10-15(18)11-19-16-13(3)8-7-9-14(16)4/h7-9,12,15,18H,10-11H2,1-6H3/q+1/t15-/m1/s1. The van der Waals surface area contributed by atoms with E-state index in [1.807, 2.05) is 32.0 Å². The molecule has 0 heterocycles. The van der Waals surface area contributed by atoms with E-state index in [1.165, 1.54) is 0 Å². The van der Waals surface area contributed by atoms with Crippen LogP contribution < -0.4 is 4.74 Å². The van der Waals surface area contributed by atoms with Gasteiger partial charge in [-0.05, 0) is 38.8 Å². The number of aliphatic hydroxyl groups is 1. The minimum absolute atomic E-state index is 0.347. The van der Waals surface area contributed by atoms with Gasteiger partial charge in [0.25, 0.3) is 0 Å². The van der Waals surface area contributed by atoms with Crippen LogP contribution in [0.2, 0.25) is 0 Å². The minimum atomic E-state index is -0.448. The molecular formula is C16H28NO2+. The SMILES string of the molecule is Cc1cccc(C)c1OC[C@H](O)C[N+](C)(C)C(C)C. The number of benzene rings is 1. The van der Waals surface area contributed by atoms with Gasteiger partial charge in [0, 0.05) is 0 Å². The number of aryl methyl sites for hydroxylation is 2. The first-order chi connectivity index (χ1) is 8.74. The number of hydrogen-bond acceptors (Lipinski definition) is 2. The maximum atomic E-state index is 10.1. The van der Waals surface area contributed by atoms with Gasteiger partial charge in [-0.2, -0.15) is 0 Å². The lowest BCUT2D eigenvalue weighted by molar-refractivity contribution is -0.914. The first-order valence-electron chi connectivity index (χ1n) is 6.94. The number of para-hydroxylation sites is 1. The Hall–Kier alpha value is -1.06. The molecule has 0 aliphatic rings. The van der Waals surface area contributed by atoms with Gasteiger partial charge in [0.2, 0.25) is 0 Å². The first kappa shape index (κ1) is 16.0. The summed E-state index contributed by atoms with van der Waals surface area (Å²) < 4.78 is 6.58. The topological polar surface area (TPSA) is 29.5 Å². The Morgan fingerprint density at radius 2 is 1.68 bits per heavy atom. The van der Waals surface area contributed by atoms with Crippen molar-refractivity contribution in [3.05, 3.63) is 29.3 Å². The molecule has 19 heavy (non-hydrogen) atoms.